The third-order valence-electron chi connectivity index (χ3n) is 3.36. The molecule has 6 nitrogen and oxygen atoms in total. The summed E-state index contributed by atoms with van der Waals surface area (Å²) >= 11 is 0. The molecule has 0 spiro atoms. The minimum absolute atomic E-state index is 0.0649. The first-order valence-corrected chi connectivity index (χ1v) is 6.44. The normalized spacial score (nSPS) is 11.8. The van der Waals surface area contributed by atoms with Crippen LogP contribution in [0.15, 0.2) is 47.7 Å². The Kier molecular flexibility index (Phi) is 2.47. The molecule has 0 aliphatic heterocycles. The van der Waals surface area contributed by atoms with Gasteiger partial charge in [0.15, 0.2) is 5.88 Å². The van der Waals surface area contributed by atoms with E-state index in [-0.39, 0.29) is 5.88 Å². The number of nitrogens with zero attached hydrogens (tertiary/aromatic N) is 3. The number of hydrogen-bond acceptors (Lipinski definition) is 4. The van der Waals surface area contributed by atoms with Gasteiger partial charge in [-0.1, -0.05) is 0 Å². The van der Waals surface area contributed by atoms with E-state index in [0.717, 1.165) is 22.0 Å². The first-order valence-electron chi connectivity index (χ1n) is 6.44. The van der Waals surface area contributed by atoms with E-state index in [1.807, 2.05) is 30.3 Å². The van der Waals surface area contributed by atoms with Crippen LogP contribution in [0.3, 0.4) is 0 Å². The fourth-order valence-corrected chi connectivity index (χ4v) is 2.30. The fourth-order valence-electron chi connectivity index (χ4n) is 2.30. The van der Waals surface area contributed by atoms with Crippen molar-refractivity contribution in [2.24, 2.45) is 4.99 Å². The second-order valence-corrected chi connectivity index (χ2v) is 4.69. The Bertz CT molecular complexity index is 966. The molecule has 4 aromatic rings. The Morgan fingerprint density at radius 2 is 2.19 bits per heavy atom. The summed E-state index contributed by atoms with van der Waals surface area (Å²) in [7, 11) is 0. The van der Waals surface area contributed by atoms with Crippen molar-refractivity contribution in [2.45, 2.75) is 0 Å². The summed E-state index contributed by atoms with van der Waals surface area (Å²) in [6.45, 7) is 0. The van der Waals surface area contributed by atoms with E-state index in [2.05, 4.69) is 25.2 Å². The van der Waals surface area contributed by atoms with Crippen molar-refractivity contribution in [3.05, 3.63) is 48.3 Å². The highest BCUT2D eigenvalue weighted by Gasteiger charge is 2.08. The molecule has 0 aliphatic rings. The Hall–Kier alpha value is -3.15. The van der Waals surface area contributed by atoms with Gasteiger partial charge in [0, 0.05) is 23.2 Å². The van der Waals surface area contributed by atoms with E-state index in [0.29, 0.717) is 11.2 Å². The first-order chi connectivity index (χ1) is 10.3. The van der Waals surface area contributed by atoms with Crippen molar-refractivity contribution < 1.29 is 5.11 Å². The predicted octanol–water partition coefficient (Wildman–Crippen LogP) is 2.90. The van der Waals surface area contributed by atoms with Crippen LogP contribution in [-0.4, -0.2) is 31.5 Å². The number of aromatic hydroxyl groups is 1. The van der Waals surface area contributed by atoms with Crippen LogP contribution in [0.4, 0.5) is 5.69 Å². The highest BCUT2D eigenvalue weighted by atomic mass is 16.3. The molecule has 0 amide bonds. The molecule has 21 heavy (non-hydrogen) atoms. The van der Waals surface area contributed by atoms with Crippen LogP contribution < -0.4 is 0 Å². The van der Waals surface area contributed by atoms with Crippen LogP contribution in [0.25, 0.3) is 21.9 Å². The van der Waals surface area contributed by atoms with Gasteiger partial charge in [0.25, 0.3) is 0 Å². The largest absolute Gasteiger partial charge is 0.494 e. The quantitative estimate of drug-likeness (QED) is 0.492. The smallest absolute Gasteiger partial charge is 0.199 e. The lowest BCUT2D eigenvalue weighted by molar-refractivity contribution is 0.457. The molecule has 102 valence electrons. The maximum atomic E-state index is 9.95. The number of pyridine rings is 1. The molecule has 0 bridgehead atoms. The van der Waals surface area contributed by atoms with E-state index in [1.54, 1.807) is 18.6 Å². The van der Waals surface area contributed by atoms with E-state index in [9.17, 15) is 5.11 Å². The number of aromatic amines is 2. The van der Waals surface area contributed by atoms with E-state index in [4.69, 9.17) is 0 Å². The van der Waals surface area contributed by atoms with Crippen molar-refractivity contribution in [3.8, 4) is 5.88 Å². The number of fused-ring (bicyclic) bond motifs is 2. The number of aliphatic imine (C=N–C) groups is 1. The van der Waals surface area contributed by atoms with Gasteiger partial charge in [-0.2, -0.15) is 5.10 Å². The number of hydrogen-bond donors (Lipinski definition) is 3. The summed E-state index contributed by atoms with van der Waals surface area (Å²) in [5.74, 6) is 0.0649. The molecule has 0 unspecified atom stereocenters. The lowest BCUT2D eigenvalue weighted by Gasteiger charge is -1.95. The summed E-state index contributed by atoms with van der Waals surface area (Å²) in [4.78, 5) is 11.4. The topological polar surface area (TPSA) is 89.9 Å². The van der Waals surface area contributed by atoms with Crippen LogP contribution in [-0.2, 0) is 0 Å². The molecule has 0 saturated heterocycles. The molecule has 3 N–H and O–H groups in total. The monoisotopic (exact) mass is 277 g/mol. The molecule has 1 aromatic carbocycles. The van der Waals surface area contributed by atoms with Gasteiger partial charge in [-0.05, 0) is 30.3 Å². The van der Waals surface area contributed by atoms with Gasteiger partial charge in [0.1, 0.15) is 5.65 Å². The number of rotatable bonds is 2. The zero-order valence-electron chi connectivity index (χ0n) is 10.9. The van der Waals surface area contributed by atoms with Crippen LogP contribution >= 0.6 is 0 Å². The second kappa shape index (κ2) is 4.45. The fraction of sp³-hybridized carbons (Fsp3) is 0. The second-order valence-electron chi connectivity index (χ2n) is 4.69. The van der Waals surface area contributed by atoms with Gasteiger partial charge in [-0.15, -0.1) is 0 Å². The Morgan fingerprint density at radius 3 is 3.14 bits per heavy atom. The average Bonchev–Trinajstić information content (AvgIpc) is 3.08. The summed E-state index contributed by atoms with van der Waals surface area (Å²) in [5, 5.41) is 18.7. The summed E-state index contributed by atoms with van der Waals surface area (Å²) in [5.41, 5.74) is 2.97. The van der Waals surface area contributed by atoms with E-state index >= 15 is 0 Å². The van der Waals surface area contributed by atoms with Gasteiger partial charge >= 0.3 is 0 Å². The minimum Gasteiger partial charge on any atom is -0.494 e. The van der Waals surface area contributed by atoms with E-state index in [1.165, 1.54) is 0 Å². The minimum atomic E-state index is 0.0649. The van der Waals surface area contributed by atoms with Crippen molar-refractivity contribution >= 4 is 33.8 Å². The average molecular weight is 277 g/mol. The standard InChI is InChI=1S/C15H11N5O/c21-15-12(11-2-1-5-16-14(11)19-15)8-17-10-4-3-9-7-18-20-13(9)6-10/h1-8,21H,(H,16,19)(H,18,20). The molecule has 0 atom stereocenters. The summed E-state index contributed by atoms with van der Waals surface area (Å²) in [6, 6.07) is 9.46. The summed E-state index contributed by atoms with van der Waals surface area (Å²) < 4.78 is 0. The molecular formula is C15H11N5O. The van der Waals surface area contributed by atoms with Crippen LogP contribution in [0.2, 0.25) is 0 Å². The predicted molar refractivity (Wildman–Crippen MR) is 81.1 cm³/mol. The van der Waals surface area contributed by atoms with Crippen molar-refractivity contribution in [2.75, 3.05) is 0 Å². The Morgan fingerprint density at radius 1 is 1.24 bits per heavy atom. The zero-order chi connectivity index (χ0) is 14.2. The maximum Gasteiger partial charge on any atom is 0.199 e. The molecule has 3 heterocycles. The molecular weight excluding hydrogens is 266 g/mol. The molecule has 0 radical (unpaired) electrons. The van der Waals surface area contributed by atoms with Gasteiger partial charge in [0.2, 0.25) is 0 Å². The van der Waals surface area contributed by atoms with Gasteiger partial charge in [-0.25, -0.2) is 4.98 Å². The lowest BCUT2D eigenvalue weighted by atomic mass is 10.2. The Balaban J connectivity index is 1.77. The Labute approximate surface area is 119 Å². The molecule has 6 heteroatoms. The van der Waals surface area contributed by atoms with Crippen LogP contribution in [0.1, 0.15) is 5.56 Å². The van der Waals surface area contributed by atoms with Crippen molar-refractivity contribution in [1.82, 2.24) is 20.2 Å². The third kappa shape index (κ3) is 1.93. The van der Waals surface area contributed by atoms with Crippen LogP contribution in [0.5, 0.6) is 5.88 Å². The molecule has 0 fully saturated rings. The number of nitrogens with one attached hydrogen (secondary N) is 2. The van der Waals surface area contributed by atoms with Gasteiger partial charge in [0.05, 0.1) is 23.0 Å². The number of aromatic nitrogens is 4. The van der Waals surface area contributed by atoms with Gasteiger partial charge < -0.3 is 10.1 Å². The highest BCUT2D eigenvalue weighted by Crippen LogP contribution is 2.25. The maximum absolute atomic E-state index is 9.95. The molecule has 3 aromatic heterocycles. The first kappa shape index (κ1) is 11.7. The summed E-state index contributed by atoms with van der Waals surface area (Å²) in [6.07, 6.45) is 5.07. The highest BCUT2D eigenvalue weighted by molar-refractivity contribution is 6.01. The number of H-pyrrole nitrogens is 2. The zero-order valence-corrected chi connectivity index (χ0v) is 10.9. The molecule has 4 rings (SSSR count). The lowest BCUT2D eigenvalue weighted by Crippen LogP contribution is -1.79. The SMILES string of the molecule is Oc1[nH]c2ncccc2c1C=Nc1ccc2cn[nH]c2c1. The van der Waals surface area contributed by atoms with Crippen molar-refractivity contribution in [3.63, 3.8) is 0 Å². The van der Waals surface area contributed by atoms with Gasteiger partial charge in [-0.3, -0.25) is 10.1 Å². The van der Waals surface area contributed by atoms with Crippen molar-refractivity contribution in [1.29, 1.82) is 0 Å². The van der Waals surface area contributed by atoms with E-state index < -0.39 is 0 Å². The molecule has 0 aliphatic carbocycles. The molecule has 0 saturated carbocycles. The van der Waals surface area contributed by atoms with Crippen LogP contribution in [0, 0.1) is 0 Å². The third-order valence-corrected chi connectivity index (χ3v) is 3.36. The number of benzene rings is 1.